The lowest BCUT2D eigenvalue weighted by atomic mass is 10.2. The van der Waals surface area contributed by atoms with Gasteiger partial charge in [0.15, 0.2) is 23.1 Å². The van der Waals surface area contributed by atoms with Crippen LogP contribution in [0.4, 0.5) is 4.39 Å². The number of fused-ring (bicyclic) bond motifs is 2. The zero-order valence-corrected chi connectivity index (χ0v) is 18.4. The van der Waals surface area contributed by atoms with Crippen molar-refractivity contribution in [2.24, 2.45) is 0 Å². The summed E-state index contributed by atoms with van der Waals surface area (Å²) in [5.74, 6) is -0.190. The van der Waals surface area contributed by atoms with Gasteiger partial charge in [-0.3, -0.25) is 0 Å². The number of aromatic nitrogens is 3. The van der Waals surface area contributed by atoms with Crippen LogP contribution in [0.1, 0.15) is 29.1 Å². The molecular weight excluding hydrogens is 424 g/mol. The smallest absolute Gasteiger partial charge is 0.230 e. The highest BCUT2D eigenvalue weighted by molar-refractivity contribution is 5.87. The van der Waals surface area contributed by atoms with Crippen molar-refractivity contribution in [3.8, 4) is 23.1 Å². The molecular formula is C25H27FN4O3. The Hall–Kier alpha value is -3.39. The number of nitrogens with zero attached hydrogens (tertiary/aromatic N) is 3. The fourth-order valence-electron chi connectivity index (χ4n) is 4.26. The Morgan fingerprint density at radius 2 is 1.97 bits per heavy atom. The van der Waals surface area contributed by atoms with Gasteiger partial charge < -0.3 is 24.1 Å². The monoisotopic (exact) mass is 454 g/mol. The molecule has 0 bridgehead atoms. The highest BCUT2D eigenvalue weighted by atomic mass is 19.1. The number of methoxy groups -OCH3 is 1. The van der Waals surface area contributed by atoms with E-state index < -0.39 is 12.9 Å². The van der Waals surface area contributed by atoms with Crippen LogP contribution in [0.25, 0.3) is 21.8 Å². The molecule has 2 aromatic heterocycles. The molecule has 0 unspecified atom stereocenters. The summed E-state index contributed by atoms with van der Waals surface area (Å²) >= 11 is 0. The minimum absolute atomic E-state index is 0.0120. The maximum Gasteiger partial charge on any atom is 0.230 e. The summed E-state index contributed by atoms with van der Waals surface area (Å²) in [7, 11) is -2.69. The van der Waals surface area contributed by atoms with Crippen LogP contribution in [-0.2, 0) is 0 Å². The van der Waals surface area contributed by atoms with E-state index in [1.807, 2.05) is 6.92 Å². The Kier molecular flexibility index (Phi) is 5.06. The largest absolute Gasteiger partial charge is 0.493 e. The Morgan fingerprint density at radius 3 is 2.82 bits per heavy atom. The number of halogens is 1. The molecule has 0 saturated carbocycles. The van der Waals surface area contributed by atoms with Crippen LogP contribution in [0.3, 0.4) is 0 Å². The summed E-state index contributed by atoms with van der Waals surface area (Å²) in [4.78, 5) is 13.9. The summed E-state index contributed by atoms with van der Waals surface area (Å²) in [6, 6.07) is 7.99. The quantitative estimate of drug-likeness (QED) is 0.291. The number of ether oxygens (including phenoxy) is 3. The van der Waals surface area contributed by atoms with E-state index in [1.165, 1.54) is 31.3 Å². The molecule has 3 heterocycles. The van der Waals surface area contributed by atoms with Crippen molar-refractivity contribution in [2.45, 2.75) is 26.2 Å². The van der Waals surface area contributed by atoms with Crippen molar-refractivity contribution < 1.29 is 22.7 Å². The molecule has 0 radical (unpaired) electrons. The summed E-state index contributed by atoms with van der Waals surface area (Å²) in [6.07, 6.45) is 4.53. The molecule has 1 fully saturated rings. The van der Waals surface area contributed by atoms with Crippen molar-refractivity contribution in [2.75, 3.05) is 33.3 Å². The van der Waals surface area contributed by atoms with Crippen LogP contribution in [0.15, 0.2) is 36.7 Å². The van der Waals surface area contributed by atoms with E-state index in [0.29, 0.717) is 28.4 Å². The first-order valence-corrected chi connectivity index (χ1v) is 11.1. The standard InChI is InChI=1S/C25H27FN4O3/c1-16-12-17-19(29-16)6-7-21(24(17)26)33-25-18-13-22(31-2)23(14-20(18)27-15-28-25)32-11-5-10-30-8-3-4-9-30/h6-7,12-15,29H,3-5,8-11H2,1-2H3/i2+1D3. The fourth-order valence-corrected chi connectivity index (χ4v) is 4.26. The fraction of sp³-hybridized carbons (Fsp3) is 0.360. The zero-order chi connectivity index (χ0) is 25.3. The molecule has 1 saturated heterocycles. The third kappa shape index (κ3) is 4.43. The molecule has 5 rings (SSSR count). The van der Waals surface area contributed by atoms with Gasteiger partial charge in [0.05, 0.1) is 28.7 Å². The second-order valence-corrected chi connectivity index (χ2v) is 8.24. The van der Waals surface area contributed by atoms with Crippen molar-refractivity contribution in [1.82, 2.24) is 19.9 Å². The number of hydrogen-bond donors (Lipinski definition) is 1. The molecule has 1 aliphatic rings. The number of hydrogen-bond acceptors (Lipinski definition) is 6. The second kappa shape index (κ2) is 9.23. The van der Waals surface area contributed by atoms with E-state index in [4.69, 9.17) is 18.3 Å². The number of benzene rings is 2. The van der Waals surface area contributed by atoms with E-state index in [-0.39, 0.29) is 23.1 Å². The molecule has 1 N–H and O–H groups in total. The summed E-state index contributed by atoms with van der Waals surface area (Å²) in [5.41, 5.74) is 1.93. The number of aryl methyl sites for hydroxylation is 1. The second-order valence-electron chi connectivity index (χ2n) is 8.24. The maximum absolute atomic E-state index is 15.1. The molecule has 4 aromatic rings. The summed E-state index contributed by atoms with van der Waals surface area (Å²) in [6.45, 7) is 5.35. The Balaban J connectivity index is 1.43. The van der Waals surface area contributed by atoms with Gasteiger partial charge in [-0.25, -0.2) is 14.4 Å². The number of aromatic amines is 1. The van der Waals surface area contributed by atoms with Gasteiger partial charge in [-0.05, 0) is 63.5 Å². The third-order valence-corrected chi connectivity index (χ3v) is 5.89. The van der Waals surface area contributed by atoms with Gasteiger partial charge in [-0.15, -0.1) is 0 Å². The number of nitrogens with one attached hydrogen (secondary N) is 1. The molecule has 7 nitrogen and oxygen atoms in total. The first-order valence-electron chi connectivity index (χ1n) is 12.6. The van der Waals surface area contributed by atoms with Gasteiger partial charge in [-0.1, -0.05) is 0 Å². The Morgan fingerprint density at radius 1 is 1.09 bits per heavy atom. The molecule has 8 heteroatoms. The van der Waals surface area contributed by atoms with Crippen LogP contribution in [0.5, 0.6) is 23.1 Å². The number of rotatable bonds is 8. The highest BCUT2D eigenvalue weighted by Crippen LogP contribution is 2.37. The minimum atomic E-state index is -2.69. The molecule has 0 aliphatic carbocycles. The zero-order valence-electron chi connectivity index (χ0n) is 21.4. The van der Waals surface area contributed by atoms with E-state index >= 15 is 4.39 Å². The molecule has 0 spiro atoms. The number of likely N-dealkylation sites (tertiary alicyclic amines) is 1. The Bertz CT molecular complexity index is 1390. The third-order valence-electron chi connectivity index (χ3n) is 5.89. The SMILES string of the molecule is [2H][13C]([2H])([2H])Oc1cc2c(Oc3ccc4[nH]c(C)cc4c3F)ncnc2cc1OCCCN1CCCC1. The van der Waals surface area contributed by atoms with Gasteiger partial charge in [0.25, 0.3) is 0 Å². The lowest BCUT2D eigenvalue weighted by molar-refractivity contribution is 0.254. The van der Waals surface area contributed by atoms with Crippen LogP contribution < -0.4 is 14.2 Å². The van der Waals surface area contributed by atoms with Crippen molar-refractivity contribution >= 4 is 21.8 Å². The molecule has 0 amide bonds. The van der Waals surface area contributed by atoms with Crippen molar-refractivity contribution in [1.29, 1.82) is 0 Å². The van der Waals surface area contributed by atoms with Crippen molar-refractivity contribution in [3.63, 3.8) is 0 Å². The first-order chi connectivity index (χ1) is 17.3. The van der Waals surface area contributed by atoms with E-state index in [9.17, 15) is 0 Å². The molecule has 33 heavy (non-hydrogen) atoms. The van der Waals surface area contributed by atoms with Crippen molar-refractivity contribution in [3.05, 3.63) is 48.2 Å². The highest BCUT2D eigenvalue weighted by Gasteiger charge is 2.17. The molecule has 172 valence electrons. The molecule has 0 atom stereocenters. The average molecular weight is 455 g/mol. The van der Waals surface area contributed by atoms with E-state index in [1.54, 1.807) is 18.2 Å². The van der Waals surface area contributed by atoms with Gasteiger partial charge in [0.1, 0.15) is 6.33 Å². The van der Waals surface area contributed by atoms with Crippen LogP contribution in [0, 0.1) is 12.7 Å². The summed E-state index contributed by atoms with van der Waals surface area (Å²) < 4.78 is 54.8. The lowest BCUT2D eigenvalue weighted by Crippen LogP contribution is -2.21. The van der Waals surface area contributed by atoms with Crippen LogP contribution in [-0.4, -0.2) is 53.1 Å². The summed E-state index contributed by atoms with van der Waals surface area (Å²) in [5, 5.41) is 0.769. The van der Waals surface area contributed by atoms with Gasteiger partial charge in [-0.2, -0.15) is 0 Å². The predicted molar refractivity (Wildman–Crippen MR) is 125 cm³/mol. The molecule has 1 aliphatic heterocycles. The minimum Gasteiger partial charge on any atom is -0.493 e. The van der Waals surface area contributed by atoms with Gasteiger partial charge in [0.2, 0.25) is 5.88 Å². The van der Waals surface area contributed by atoms with Crippen LogP contribution >= 0.6 is 0 Å². The normalized spacial score (nSPS) is 16.0. The first kappa shape index (κ1) is 18.1. The van der Waals surface area contributed by atoms with Gasteiger partial charge in [0, 0.05) is 29.2 Å². The topological polar surface area (TPSA) is 72.5 Å². The van der Waals surface area contributed by atoms with E-state index in [2.05, 4.69) is 19.9 Å². The Labute approximate surface area is 195 Å². The average Bonchev–Trinajstić information content (AvgIpc) is 3.47. The molecule has 2 aromatic carbocycles. The van der Waals surface area contributed by atoms with E-state index in [0.717, 1.165) is 31.7 Å². The van der Waals surface area contributed by atoms with Gasteiger partial charge >= 0.3 is 0 Å². The van der Waals surface area contributed by atoms with Crippen LogP contribution in [0.2, 0.25) is 0 Å². The predicted octanol–water partition coefficient (Wildman–Crippen LogP) is 5.22. The maximum atomic E-state index is 15.1. The lowest BCUT2D eigenvalue weighted by Gasteiger charge is -2.16. The number of H-pyrrole nitrogens is 1.